The molecule has 0 saturated heterocycles. The van der Waals surface area contributed by atoms with E-state index in [0.717, 1.165) is 36.8 Å². The predicted octanol–water partition coefficient (Wildman–Crippen LogP) is 1.78. The number of furan rings is 1. The molecule has 1 aliphatic heterocycles. The van der Waals surface area contributed by atoms with Crippen LogP contribution in [0.15, 0.2) is 16.5 Å². The van der Waals surface area contributed by atoms with Gasteiger partial charge in [0.2, 0.25) is 0 Å². The van der Waals surface area contributed by atoms with Crippen LogP contribution in [0, 0.1) is 0 Å². The maximum atomic E-state index is 5.75. The van der Waals surface area contributed by atoms with Gasteiger partial charge in [-0.1, -0.05) is 0 Å². The van der Waals surface area contributed by atoms with E-state index in [0.29, 0.717) is 24.4 Å². The van der Waals surface area contributed by atoms with E-state index in [2.05, 4.69) is 15.4 Å². The monoisotopic (exact) mass is 296 g/mol. The van der Waals surface area contributed by atoms with E-state index >= 15 is 0 Å². The van der Waals surface area contributed by atoms with Crippen molar-refractivity contribution < 1.29 is 9.15 Å². The van der Waals surface area contributed by atoms with Crippen molar-refractivity contribution in [1.29, 1.82) is 0 Å². The highest BCUT2D eigenvalue weighted by molar-refractivity contribution is 6.28. The zero-order valence-electron chi connectivity index (χ0n) is 11.3. The number of rotatable bonds is 5. The lowest BCUT2D eigenvalue weighted by Crippen LogP contribution is -2.37. The third-order valence-electron chi connectivity index (χ3n) is 3.37. The number of methoxy groups -OCH3 is 1. The minimum Gasteiger partial charge on any atom is -0.448 e. The second-order valence-corrected chi connectivity index (χ2v) is 5.25. The minimum absolute atomic E-state index is 0.364. The van der Waals surface area contributed by atoms with Crippen LogP contribution >= 0.6 is 11.6 Å². The average molecular weight is 297 g/mol. The third-order valence-corrected chi connectivity index (χ3v) is 3.57. The second kappa shape index (κ2) is 5.95. The molecule has 0 spiro atoms. The van der Waals surface area contributed by atoms with E-state index in [1.54, 1.807) is 13.2 Å². The van der Waals surface area contributed by atoms with Gasteiger partial charge in [0.05, 0.1) is 13.1 Å². The first kappa shape index (κ1) is 13.6. The van der Waals surface area contributed by atoms with Crippen molar-refractivity contribution in [3.8, 4) is 0 Å². The van der Waals surface area contributed by atoms with Gasteiger partial charge >= 0.3 is 0 Å². The second-order valence-electron chi connectivity index (χ2n) is 4.88. The van der Waals surface area contributed by atoms with Gasteiger partial charge in [0.15, 0.2) is 11.0 Å². The summed E-state index contributed by atoms with van der Waals surface area (Å²) in [6, 6.07) is 4.00. The van der Waals surface area contributed by atoms with Gasteiger partial charge < -0.3 is 14.5 Å². The molecule has 0 saturated carbocycles. The van der Waals surface area contributed by atoms with Crippen molar-refractivity contribution in [3.05, 3.63) is 34.8 Å². The molecular weight excluding hydrogens is 280 g/mol. The summed E-state index contributed by atoms with van der Waals surface area (Å²) in [7, 11) is 1.65. The minimum atomic E-state index is 0.364. The summed E-state index contributed by atoms with van der Waals surface area (Å²) in [6.07, 6.45) is 1.97. The summed E-state index contributed by atoms with van der Waals surface area (Å²) < 4.78 is 12.4. The molecule has 0 fully saturated rings. The van der Waals surface area contributed by atoms with Crippen molar-refractivity contribution in [2.75, 3.05) is 7.11 Å². The summed E-state index contributed by atoms with van der Waals surface area (Å²) in [5, 5.41) is 8.33. The first-order chi connectivity index (χ1) is 9.74. The van der Waals surface area contributed by atoms with Crippen LogP contribution in [-0.4, -0.2) is 27.9 Å². The lowest BCUT2D eigenvalue weighted by molar-refractivity contribution is 0.177. The molecular formula is C13H17ClN4O2. The van der Waals surface area contributed by atoms with Gasteiger partial charge in [-0.25, -0.2) is 9.67 Å². The summed E-state index contributed by atoms with van der Waals surface area (Å²) in [5.41, 5.74) is 0. The van der Waals surface area contributed by atoms with Crippen LogP contribution in [0.25, 0.3) is 0 Å². The van der Waals surface area contributed by atoms with Crippen LogP contribution in [0.2, 0.25) is 5.22 Å². The Morgan fingerprint density at radius 2 is 2.45 bits per heavy atom. The molecule has 2 aromatic heterocycles. The van der Waals surface area contributed by atoms with Gasteiger partial charge in [-0.2, -0.15) is 5.10 Å². The average Bonchev–Trinajstić information content (AvgIpc) is 3.02. The molecule has 1 atom stereocenters. The molecule has 6 nitrogen and oxygen atoms in total. The van der Waals surface area contributed by atoms with Crippen LogP contribution in [0.5, 0.6) is 0 Å². The first-order valence-electron chi connectivity index (χ1n) is 6.63. The quantitative estimate of drug-likeness (QED) is 0.911. The molecule has 3 heterocycles. The smallest absolute Gasteiger partial charge is 0.193 e. The normalized spacial score (nSPS) is 18.2. The summed E-state index contributed by atoms with van der Waals surface area (Å²) in [6.45, 7) is 1.95. The Kier molecular flexibility index (Phi) is 4.05. The molecule has 0 aliphatic carbocycles. The van der Waals surface area contributed by atoms with Crippen molar-refractivity contribution >= 4 is 11.6 Å². The Morgan fingerprint density at radius 3 is 3.20 bits per heavy atom. The molecule has 3 rings (SSSR count). The predicted molar refractivity (Wildman–Crippen MR) is 73.4 cm³/mol. The molecule has 1 unspecified atom stereocenters. The molecule has 1 aliphatic rings. The van der Waals surface area contributed by atoms with Gasteiger partial charge in [-0.15, -0.1) is 0 Å². The number of aryl methyl sites for hydroxylation is 1. The van der Waals surface area contributed by atoms with Crippen LogP contribution < -0.4 is 5.32 Å². The van der Waals surface area contributed by atoms with E-state index in [-0.39, 0.29) is 0 Å². The van der Waals surface area contributed by atoms with Crippen molar-refractivity contribution in [1.82, 2.24) is 20.1 Å². The zero-order chi connectivity index (χ0) is 13.9. The highest BCUT2D eigenvalue weighted by atomic mass is 35.5. The Hall–Kier alpha value is -1.37. The first-order valence-corrected chi connectivity index (χ1v) is 7.01. The fourth-order valence-electron chi connectivity index (χ4n) is 2.41. The number of nitrogens with one attached hydrogen (secondary N) is 1. The Morgan fingerprint density at radius 1 is 1.55 bits per heavy atom. The van der Waals surface area contributed by atoms with Gasteiger partial charge in [0.1, 0.15) is 18.2 Å². The number of ether oxygens (including phenoxy) is 1. The lowest BCUT2D eigenvalue weighted by Gasteiger charge is -2.23. The van der Waals surface area contributed by atoms with Crippen LogP contribution in [0.1, 0.15) is 23.8 Å². The molecule has 0 radical (unpaired) electrons. The standard InChI is InChI=1S/C13H17ClN4O2/c1-19-8-12-16-13-5-2-9(7-18(13)17-12)15-6-10-3-4-11(14)20-10/h3-4,9,15H,2,5-8H2,1H3. The molecule has 7 heteroatoms. The largest absolute Gasteiger partial charge is 0.448 e. The SMILES string of the molecule is COCc1nc2n(n1)CC(NCc1ccc(Cl)o1)CC2. The number of fused-ring (bicyclic) bond motifs is 1. The fourth-order valence-corrected chi connectivity index (χ4v) is 2.57. The van der Waals surface area contributed by atoms with Gasteiger partial charge in [0.25, 0.3) is 0 Å². The maximum Gasteiger partial charge on any atom is 0.193 e. The topological polar surface area (TPSA) is 65.1 Å². The van der Waals surface area contributed by atoms with Crippen LogP contribution in [0.4, 0.5) is 0 Å². The molecule has 2 aromatic rings. The summed E-state index contributed by atoms with van der Waals surface area (Å²) >= 11 is 5.75. The highest BCUT2D eigenvalue weighted by Crippen LogP contribution is 2.16. The number of nitrogens with zero attached hydrogens (tertiary/aromatic N) is 3. The number of hydrogen-bond acceptors (Lipinski definition) is 5. The van der Waals surface area contributed by atoms with Crippen LogP contribution in [-0.2, 0) is 30.9 Å². The Balaban J connectivity index is 1.57. The Bertz CT molecular complexity index is 581. The lowest BCUT2D eigenvalue weighted by atomic mass is 10.1. The van der Waals surface area contributed by atoms with E-state index in [9.17, 15) is 0 Å². The zero-order valence-corrected chi connectivity index (χ0v) is 12.1. The van der Waals surface area contributed by atoms with E-state index in [4.69, 9.17) is 20.8 Å². The number of hydrogen-bond donors (Lipinski definition) is 1. The van der Waals surface area contributed by atoms with Gasteiger partial charge in [0, 0.05) is 19.6 Å². The fraction of sp³-hybridized carbons (Fsp3) is 0.538. The van der Waals surface area contributed by atoms with E-state index < -0.39 is 0 Å². The molecule has 20 heavy (non-hydrogen) atoms. The number of halogens is 1. The van der Waals surface area contributed by atoms with Crippen molar-refractivity contribution in [2.45, 2.75) is 38.6 Å². The molecule has 0 amide bonds. The third kappa shape index (κ3) is 3.03. The number of aromatic nitrogens is 3. The van der Waals surface area contributed by atoms with Gasteiger partial charge in [-0.3, -0.25) is 0 Å². The summed E-state index contributed by atoms with van der Waals surface area (Å²) in [5.74, 6) is 2.64. The van der Waals surface area contributed by atoms with E-state index in [1.165, 1.54) is 0 Å². The van der Waals surface area contributed by atoms with Crippen LogP contribution in [0.3, 0.4) is 0 Å². The Labute approximate surface area is 122 Å². The molecule has 0 aromatic carbocycles. The molecule has 0 bridgehead atoms. The molecule has 108 valence electrons. The molecule has 1 N–H and O–H groups in total. The highest BCUT2D eigenvalue weighted by Gasteiger charge is 2.21. The van der Waals surface area contributed by atoms with Crippen molar-refractivity contribution in [2.24, 2.45) is 0 Å². The van der Waals surface area contributed by atoms with E-state index in [1.807, 2.05) is 10.7 Å². The maximum absolute atomic E-state index is 5.75. The van der Waals surface area contributed by atoms with Crippen molar-refractivity contribution in [3.63, 3.8) is 0 Å². The van der Waals surface area contributed by atoms with Gasteiger partial charge in [-0.05, 0) is 30.2 Å². The summed E-state index contributed by atoms with van der Waals surface area (Å²) in [4.78, 5) is 4.46.